The molecule has 24 heavy (non-hydrogen) atoms. The smallest absolute Gasteiger partial charge is 0.252 e. The Morgan fingerprint density at radius 1 is 1.33 bits per heavy atom. The van der Waals surface area contributed by atoms with Crippen LogP contribution < -0.4 is 5.32 Å². The molecule has 2 aliphatic heterocycles. The van der Waals surface area contributed by atoms with Crippen LogP contribution in [-0.4, -0.2) is 53.2 Å². The zero-order valence-electron chi connectivity index (χ0n) is 14.2. The van der Waals surface area contributed by atoms with Gasteiger partial charge in [-0.15, -0.1) is 0 Å². The molecule has 0 radical (unpaired) electrons. The summed E-state index contributed by atoms with van der Waals surface area (Å²) in [5.41, 5.74) is 0.650. The topological polar surface area (TPSA) is 54.5 Å². The SMILES string of the molecule is O=C(NC[C@@H]1CCC[C@@]2(CCN(C3CCC3)C2)O1)c1cccnc1. The quantitative estimate of drug-likeness (QED) is 0.921. The van der Waals surface area contributed by atoms with Crippen molar-refractivity contribution in [1.29, 1.82) is 0 Å². The van der Waals surface area contributed by atoms with Crippen molar-refractivity contribution in [2.45, 2.75) is 62.7 Å². The summed E-state index contributed by atoms with van der Waals surface area (Å²) in [6, 6.07) is 4.38. The van der Waals surface area contributed by atoms with Gasteiger partial charge in [0.1, 0.15) is 0 Å². The molecule has 130 valence electrons. The van der Waals surface area contributed by atoms with Crippen LogP contribution in [-0.2, 0) is 4.74 Å². The second-order valence-electron chi connectivity index (χ2n) is 7.57. The average molecular weight is 329 g/mol. The van der Waals surface area contributed by atoms with Gasteiger partial charge in [-0.1, -0.05) is 6.42 Å². The number of carbonyl (C=O) groups is 1. The Balaban J connectivity index is 1.30. The van der Waals surface area contributed by atoms with Crippen molar-refractivity contribution in [3.63, 3.8) is 0 Å². The molecule has 1 aliphatic carbocycles. The van der Waals surface area contributed by atoms with E-state index in [1.54, 1.807) is 24.5 Å². The van der Waals surface area contributed by atoms with Crippen LogP contribution in [0.25, 0.3) is 0 Å². The van der Waals surface area contributed by atoms with Crippen LogP contribution in [0.3, 0.4) is 0 Å². The van der Waals surface area contributed by atoms with E-state index in [0.29, 0.717) is 12.1 Å². The molecule has 3 aliphatic rings. The lowest BCUT2D eigenvalue weighted by Gasteiger charge is -2.41. The van der Waals surface area contributed by atoms with Crippen LogP contribution in [0.2, 0.25) is 0 Å². The van der Waals surface area contributed by atoms with Gasteiger partial charge in [0.25, 0.3) is 5.91 Å². The number of likely N-dealkylation sites (tertiary alicyclic amines) is 1. The summed E-state index contributed by atoms with van der Waals surface area (Å²) in [4.78, 5) is 18.8. The number of nitrogens with zero attached hydrogens (tertiary/aromatic N) is 2. The first-order chi connectivity index (χ1) is 11.7. The van der Waals surface area contributed by atoms with E-state index < -0.39 is 0 Å². The van der Waals surface area contributed by atoms with Crippen molar-refractivity contribution in [3.8, 4) is 0 Å². The highest BCUT2D eigenvalue weighted by molar-refractivity contribution is 5.93. The molecule has 1 aromatic rings. The third kappa shape index (κ3) is 3.33. The second kappa shape index (κ2) is 6.81. The Bertz CT molecular complexity index is 575. The molecule has 0 unspecified atom stereocenters. The number of carbonyl (C=O) groups excluding carboxylic acids is 1. The number of aromatic nitrogens is 1. The van der Waals surface area contributed by atoms with Gasteiger partial charge in [0.2, 0.25) is 0 Å². The van der Waals surface area contributed by atoms with E-state index in [2.05, 4.69) is 15.2 Å². The lowest BCUT2D eigenvalue weighted by atomic mass is 9.89. The van der Waals surface area contributed by atoms with Gasteiger partial charge in [-0.2, -0.15) is 0 Å². The van der Waals surface area contributed by atoms with Gasteiger partial charge in [0.05, 0.1) is 17.3 Å². The minimum absolute atomic E-state index is 0.0392. The zero-order valence-corrected chi connectivity index (χ0v) is 14.2. The monoisotopic (exact) mass is 329 g/mol. The normalized spacial score (nSPS) is 31.1. The lowest BCUT2D eigenvalue weighted by Crippen LogP contribution is -2.48. The molecule has 3 heterocycles. The molecule has 3 fully saturated rings. The molecule has 2 atom stereocenters. The number of ether oxygens (including phenoxy) is 1. The summed E-state index contributed by atoms with van der Waals surface area (Å²) in [6.45, 7) is 2.86. The van der Waals surface area contributed by atoms with Crippen LogP contribution >= 0.6 is 0 Å². The van der Waals surface area contributed by atoms with Crippen molar-refractivity contribution >= 4 is 5.91 Å². The first-order valence-corrected chi connectivity index (χ1v) is 9.34. The zero-order chi connectivity index (χ0) is 16.4. The summed E-state index contributed by atoms with van der Waals surface area (Å²) in [5, 5.41) is 3.01. The van der Waals surface area contributed by atoms with Crippen LogP contribution in [0.4, 0.5) is 0 Å². The molecule has 1 spiro atoms. The first kappa shape index (κ1) is 16.0. The molecule has 0 bridgehead atoms. The highest BCUT2D eigenvalue weighted by Gasteiger charge is 2.45. The Morgan fingerprint density at radius 2 is 2.25 bits per heavy atom. The summed E-state index contributed by atoms with van der Waals surface area (Å²) in [5.74, 6) is -0.0613. The standard InChI is InChI=1S/C19H27N3O2/c23-18(15-4-3-10-20-12-15)21-13-17-7-2-8-19(24-17)9-11-22(14-19)16-5-1-6-16/h3-4,10,12,16-17H,1-2,5-9,11,13-14H2,(H,21,23)/t17-,19-/m0/s1. The molecular formula is C19H27N3O2. The highest BCUT2D eigenvalue weighted by Crippen LogP contribution is 2.39. The molecule has 0 aromatic carbocycles. The van der Waals surface area contributed by atoms with Crippen molar-refractivity contribution < 1.29 is 9.53 Å². The molecular weight excluding hydrogens is 302 g/mol. The maximum atomic E-state index is 12.2. The third-order valence-corrected chi connectivity index (χ3v) is 5.93. The second-order valence-corrected chi connectivity index (χ2v) is 7.57. The fourth-order valence-corrected chi connectivity index (χ4v) is 4.31. The van der Waals surface area contributed by atoms with E-state index in [-0.39, 0.29) is 17.6 Å². The van der Waals surface area contributed by atoms with Gasteiger partial charge >= 0.3 is 0 Å². The molecule has 1 amide bonds. The summed E-state index contributed by atoms with van der Waals surface area (Å²) < 4.78 is 6.50. The van der Waals surface area contributed by atoms with E-state index in [9.17, 15) is 4.79 Å². The van der Waals surface area contributed by atoms with Gasteiger partial charge in [0, 0.05) is 38.1 Å². The summed E-state index contributed by atoms with van der Waals surface area (Å²) in [6.07, 6.45) is 12.1. The van der Waals surface area contributed by atoms with E-state index in [1.165, 1.54) is 38.6 Å². The molecule has 5 heteroatoms. The minimum atomic E-state index is -0.0613. The molecule has 5 nitrogen and oxygen atoms in total. The highest BCUT2D eigenvalue weighted by atomic mass is 16.5. The van der Waals surface area contributed by atoms with E-state index in [4.69, 9.17) is 4.74 Å². The fraction of sp³-hybridized carbons (Fsp3) is 0.684. The minimum Gasteiger partial charge on any atom is -0.369 e. The number of amides is 1. The average Bonchev–Trinajstić information content (AvgIpc) is 2.94. The van der Waals surface area contributed by atoms with Crippen molar-refractivity contribution in [2.24, 2.45) is 0 Å². The lowest BCUT2D eigenvalue weighted by molar-refractivity contribution is -0.120. The van der Waals surface area contributed by atoms with E-state index >= 15 is 0 Å². The van der Waals surface area contributed by atoms with Crippen LogP contribution in [0.1, 0.15) is 55.3 Å². The van der Waals surface area contributed by atoms with Crippen LogP contribution in [0.15, 0.2) is 24.5 Å². The van der Waals surface area contributed by atoms with Gasteiger partial charge in [-0.05, 0) is 50.7 Å². The molecule has 4 rings (SSSR count). The Morgan fingerprint density at radius 3 is 3.00 bits per heavy atom. The van der Waals surface area contributed by atoms with Gasteiger partial charge in [0.15, 0.2) is 0 Å². The van der Waals surface area contributed by atoms with Gasteiger partial charge in [-0.25, -0.2) is 0 Å². The number of rotatable bonds is 4. The van der Waals surface area contributed by atoms with Crippen LogP contribution in [0, 0.1) is 0 Å². The van der Waals surface area contributed by atoms with E-state index in [0.717, 1.165) is 25.4 Å². The fourth-order valence-electron chi connectivity index (χ4n) is 4.31. The Hall–Kier alpha value is -1.46. The largest absolute Gasteiger partial charge is 0.369 e. The molecule has 2 saturated heterocycles. The van der Waals surface area contributed by atoms with Crippen molar-refractivity contribution in [3.05, 3.63) is 30.1 Å². The van der Waals surface area contributed by atoms with Crippen LogP contribution in [0.5, 0.6) is 0 Å². The molecule has 1 N–H and O–H groups in total. The Kier molecular flexibility index (Phi) is 4.55. The third-order valence-electron chi connectivity index (χ3n) is 5.93. The first-order valence-electron chi connectivity index (χ1n) is 9.34. The molecule has 1 aromatic heterocycles. The van der Waals surface area contributed by atoms with E-state index in [1.807, 2.05) is 0 Å². The summed E-state index contributed by atoms with van der Waals surface area (Å²) in [7, 11) is 0. The van der Waals surface area contributed by atoms with Gasteiger partial charge < -0.3 is 10.1 Å². The van der Waals surface area contributed by atoms with Gasteiger partial charge in [-0.3, -0.25) is 14.7 Å². The van der Waals surface area contributed by atoms with Crippen molar-refractivity contribution in [1.82, 2.24) is 15.2 Å². The Labute approximate surface area is 143 Å². The summed E-state index contributed by atoms with van der Waals surface area (Å²) >= 11 is 0. The number of nitrogens with one attached hydrogen (secondary N) is 1. The predicted octanol–water partition coefficient (Wildman–Crippen LogP) is 2.38. The van der Waals surface area contributed by atoms with Crippen molar-refractivity contribution in [2.75, 3.05) is 19.6 Å². The number of hydrogen-bond donors (Lipinski definition) is 1. The maximum Gasteiger partial charge on any atom is 0.252 e. The molecule has 1 saturated carbocycles. The number of hydrogen-bond acceptors (Lipinski definition) is 4. The predicted molar refractivity (Wildman–Crippen MR) is 91.9 cm³/mol. The number of pyridine rings is 1. The maximum absolute atomic E-state index is 12.2.